The van der Waals surface area contributed by atoms with Crippen molar-refractivity contribution < 1.29 is 4.79 Å². The zero-order valence-electron chi connectivity index (χ0n) is 12.6. The van der Waals surface area contributed by atoms with Crippen LogP contribution in [-0.2, 0) is 0 Å². The Morgan fingerprint density at radius 3 is 2.32 bits per heavy atom. The van der Waals surface area contributed by atoms with Crippen LogP contribution < -0.4 is 5.73 Å². The number of hydrogen-bond acceptors (Lipinski definition) is 2. The van der Waals surface area contributed by atoms with E-state index >= 15 is 0 Å². The van der Waals surface area contributed by atoms with E-state index in [1.165, 1.54) is 5.56 Å². The number of nitrogens with zero attached hydrogens (tertiary/aromatic N) is 1. The van der Waals surface area contributed by atoms with Gasteiger partial charge in [-0.25, -0.2) is 0 Å². The molecule has 0 heterocycles. The first kappa shape index (κ1) is 15.7. The van der Waals surface area contributed by atoms with Crippen LogP contribution in [0.5, 0.6) is 0 Å². The summed E-state index contributed by atoms with van der Waals surface area (Å²) in [6.07, 6.45) is 1.93. The second-order valence-corrected chi connectivity index (χ2v) is 5.06. The highest BCUT2D eigenvalue weighted by atomic mass is 16.2. The molecule has 0 aliphatic rings. The van der Waals surface area contributed by atoms with E-state index in [-0.39, 0.29) is 11.9 Å². The average Bonchev–Trinajstić information content (AvgIpc) is 2.41. The molecular formula is C16H26N2O. The van der Waals surface area contributed by atoms with Gasteiger partial charge in [-0.15, -0.1) is 0 Å². The second-order valence-electron chi connectivity index (χ2n) is 5.06. The van der Waals surface area contributed by atoms with Crippen LogP contribution in [0.3, 0.4) is 0 Å². The molecule has 0 unspecified atom stereocenters. The topological polar surface area (TPSA) is 46.3 Å². The van der Waals surface area contributed by atoms with Crippen molar-refractivity contribution in [2.75, 3.05) is 13.1 Å². The van der Waals surface area contributed by atoms with E-state index in [1.54, 1.807) is 0 Å². The van der Waals surface area contributed by atoms with Gasteiger partial charge in [0.2, 0.25) is 0 Å². The first-order valence-electron chi connectivity index (χ1n) is 7.13. The van der Waals surface area contributed by atoms with Gasteiger partial charge in [-0.1, -0.05) is 19.9 Å². The third-order valence-corrected chi connectivity index (χ3v) is 3.77. The number of aryl methyl sites for hydroxylation is 2. The number of carbonyl (C=O) groups excluding carboxylic acids is 1. The molecule has 0 fully saturated rings. The molecule has 0 aromatic heterocycles. The van der Waals surface area contributed by atoms with E-state index < -0.39 is 0 Å². The summed E-state index contributed by atoms with van der Waals surface area (Å²) < 4.78 is 0. The maximum Gasteiger partial charge on any atom is 0.254 e. The van der Waals surface area contributed by atoms with Gasteiger partial charge < -0.3 is 10.6 Å². The fraction of sp³-hybridized carbons (Fsp3) is 0.562. The molecule has 1 rings (SSSR count). The van der Waals surface area contributed by atoms with Crippen molar-refractivity contribution in [3.05, 3.63) is 34.9 Å². The summed E-state index contributed by atoms with van der Waals surface area (Å²) in [6, 6.07) is 6.17. The van der Waals surface area contributed by atoms with Crippen molar-refractivity contribution in [2.45, 2.75) is 46.6 Å². The summed E-state index contributed by atoms with van der Waals surface area (Å²) in [7, 11) is 0. The number of benzene rings is 1. The SMILES string of the molecule is CCC(CC)N(CCN)C(=O)c1ccc(C)c(C)c1. The monoisotopic (exact) mass is 262 g/mol. The first-order chi connectivity index (χ1) is 9.04. The minimum absolute atomic E-state index is 0.0993. The molecule has 106 valence electrons. The van der Waals surface area contributed by atoms with Crippen molar-refractivity contribution in [1.29, 1.82) is 0 Å². The summed E-state index contributed by atoms with van der Waals surface area (Å²) in [5, 5.41) is 0. The number of rotatable bonds is 6. The largest absolute Gasteiger partial charge is 0.334 e. The molecule has 2 N–H and O–H groups in total. The fourth-order valence-corrected chi connectivity index (χ4v) is 2.36. The van der Waals surface area contributed by atoms with Gasteiger partial charge in [-0.2, -0.15) is 0 Å². The maximum atomic E-state index is 12.6. The minimum atomic E-state index is 0.0993. The maximum absolute atomic E-state index is 12.6. The molecule has 0 spiro atoms. The molecule has 1 aromatic rings. The van der Waals surface area contributed by atoms with Crippen molar-refractivity contribution in [2.24, 2.45) is 5.73 Å². The lowest BCUT2D eigenvalue weighted by Gasteiger charge is -2.30. The first-order valence-corrected chi connectivity index (χ1v) is 7.13. The molecule has 1 aromatic carbocycles. The molecule has 0 bridgehead atoms. The molecule has 0 saturated heterocycles. The normalized spacial score (nSPS) is 10.8. The lowest BCUT2D eigenvalue weighted by atomic mass is 10.0. The summed E-state index contributed by atoms with van der Waals surface area (Å²) in [4.78, 5) is 14.5. The summed E-state index contributed by atoms with van der Waals surface area (Å²) in [5.74, 6) is 0.0993. The average molecular weight is 262 g/mol. The highest BCUT2D eigenvalue weighted by Crippen LogP contribution is 2.16. The molecule has 0 aliphatic carbocycles. The van der Waals surface area contributed by atoms with Crippen LogP contribution in [-0.4, -0.2) is 29.9 Å². The summed E-state index contributed by atoms with van der Waals surface area (Å²) >= 11 is 0. The van der Waals surface area contributed by atoms with Crippen LogP contribution in [0.4, 0.5) is 0 Å². The van der Waals surface area contributed by atoms with E-state index in [1.807, 2.05) is 30.0 Å². The zero-order chi connectivity index (χ0) is 14.4. The molecular weight excluding hydrogens is 236 g/mol. The Balaban J connectivity index is 3.01. The van der Waals surface area contributed by atoms with Crippen molar-refractivity contribution >= 4 is 5.91 Å². The van der Waals surface area contributed by atoms with Crippen LogP contribution in [0.2, 0.25) is 0 Å². The molecule has 1 amide bonds. The Labute approximate surface area is 116 Å². The van der Waals surface area contributed by atoms with Gasteiger partial charge in [0.15, 0.2) is 0 Å². The predicted molar refractivity (Wildman–Crippen MR) is 80.4 cm³/mol. The van der Waals surface area contributed by atoms with E-state index in [4.69, 9.17) is 5.73 Å². The van der Waals surface area contributed by atoms with Crippen LogP contribution in [0.25, 0.3) is 0 Å². The number of amides is 1. The molecule has 0 aliphatic heterocycles. The van der Waals surface area contributed by atoms with E-state index in [0.717, 1.165) is 24.0 Å². The van der Waals surface area contributed by atoms with Gasteiger partial charge in [0.25, 0.3) is 5.91 Å². The Hall–Kier alpha value is -1.35. The molecule has 19 heavy (non-hydrogen) atoms. The van der Waals surface area contributed by atoms with E-state index in [2.05, 4.69) is 20.8 Å². The summed E-state index contributed by atoms with van der Waals surface area (Å²) in [6.45, 7) is 9.46. The highest BCUT2D eigenvalue weighted by molar-refractivity contribution is 5.94. The van der Waals surface area contributed by atoms with Crippen molar-refractivity contribution in [3.63, 3.8) is 0 Å². The quantitative estimate of drug-likeness (QED) is 0.857. The minimum Gasteiger partial charge on any atom is -0.334 e. The Morgan fingerprint density at radius 2 is 1.84 bits per heavy atom. The van der Waals surface area contributed by atoms with Crippen LogP contribution in [0.15, 0.2) is 18.2 Å². The fourth-order valence-electron chi connectivity index (χ4n) is 2.36. The Bertz CT molecular complexity index is 425. The molecule has 3 heteroatoms. The highest BCUT2D eigenvalue weighted by Gasteiger charge is 2.21. The van der Waals surface area contributed by atoms with Gasteiger partial charge >= 0.3 is 0 Å². The van der Waals surface area contributed by atoms with Crippen molar-refractivity contribution in [1.82, 2.24) is 4.90 Å². The van der Waals surface area contributed by atoms with Crippen LogP contribution in [0, 0.1) is 13.8 Å². The zero-order valence-corrected chi connectivity index (χ0v) is 12.6. The van der Waals surface area contributed by atoms with Crippen molar-refractivity contribution in [3.8, 4) is 0 Å². The van der Waals surface area contributed by atoms with Gasteiger partial charge in [0, 0.05) is 24.7 Å². The third-order valence-electron chi connectivity index (χ3n) is 3.77. The molecule has 0 saturated carbocycles. The molecule has 0 atom stereocenters. The third kappa shape index (κ3) is 3.80. The predicted octanol–water partition coefficient (Wildman–Crippen LogP) is 2.89. The standard InChI is InChI=1S/C16H26N2O/c1-5-15(6-2)18(10-9-17)16(19)14-8-7-12(3)13(4)11-14/h7-8,11,15H,5-6,9-10,17H2,1-4H3. The molecule has 3 nitrogen and oxygen atoms in total. The van der Waals surface area contributed by atoms with E-state index in [9.17, 15) is 4.79 Å². The van der Waals surface area contributed by atoms with Gasteiger partial charge in [0.1, 0.15) is 0 Å². The smallest absolute Gasteiger partial charge is 0.254 e. The van der Waals surface area contributed by atoms with Crippen LogP contribution >= 0.6 is 0 Å². The lowest BCUT2D eigenvalue weighted by Crippen LogP contribution is -2.42. The Morgan fingerprint density at radius 1 is 1.21 bits per heavy atom. The molecule has 0 radical (unpaired) electrons. The number of carbonyl (C=O) groups is 1. The van der Waals surface area contributed by atoms with Gasteiger partial charge in [-0.3, -0.25) is 4.79 Å². The number of hydrogen-bond donors (Lipinski definition) is 1. The lowest BCUT2D eigenvalue weighted by molar-refractivity contribution is 0.0674. The summed E-state index contributed by atoms with van der Waals surface area (Å²) in [5.41, 5.74) is 8.79. The second kappa shape index (κ2) is 7.29. The number of nitrogens with two attached hydrogens (primary N) is 1. The van der Waals surface area contributed by atoms with E-state index in [0.29, 0.717) is 13.1 Å². The van der Waals surface area contributed by atoms with Gasteiger partial charge in [0.05, 0.1) is 0 Å². The van der Waals surface area contributed by atoms with Gasteiger partial charge in [-0.05, 0) is 49.9 Å². The van der Waals surface area contributed by atoms with Crippen LogP contribution in [0.1, 0.15) is 48.2 Å². The Kier molecular flexibility index (Phi) is 6.03.